The lowest BCUT2D eigenvalue weighted by atomic mass is 9.84. The summed E-state index contributed by atoms with van der Waals surface area (Å²) in [5, 5.41) is 11.8. The molecule has 98 valence electrons. The van der Waals surface area contributed by atoms with Crippen LogP contribution in [0.1, 0.15) is 6.92 Å². The maximum atomic E-state index is 11.4. The van der Waals surface area contributed by atoms with Crippen LogP contribution in [0.5, 0.6) is 0 Å². The van der Waals surface area contributed by atoms with Crippen LogP contribution in [-0.2, 0) is 9.59 Å². The number of fused-ring (bicyclic) bond motifs is 1. The van der Waals surface area contributed by atoms with Crippen molar-refractivity contribution >= 4 is 11.9 Å². The molecular weight excluding hydrogens is 242 g/mol. The molecule has 2 aliphatic carbocycles. The quantitative estimate of drug-likeness (QED) is 0.809. The Balaban J connectivity index is 2.38. The van der Waals surface area contributed by atoms with Crippen LogP contribution in [0.15, 0.2) is 59.8 Å². The highest BCUT2D eigenvalue weighted by atomic mass is 16.4. The van der Waals surface area contributed by atoms with Gasteiger partial charge in [-0.15, -0.1) is 0 Å². The SMILES string of the molecule is CC(=O)N[C@@H](C(=O)O)C1=CC=CC=C2C=CC=CC21. The Morgan fingerprint density at radius 2 is 1.95 bits per heavy atom. The fourth-order valence-corrected chi connectivity index (χ4v) is 2.22. The van der Waals surface area contributed by atoms with E-state index in [1.807, 2.05) is 36.5 Å². The van der Waals surface area contributed by atoms with Crippen LogP contribution in [0, 0.1) is 5.92 Å². The van der Waals surface area contributed by atoms with Crippen molar-refractivity contribution in [2.45, 2.75) is 13.0 Å². The third kappa shape index (κ3) is 2.91. The Morgan fingerprint density at radius 1 is 1.21 bits per heavy atom. The van der Waals surface area contributed by atoms with Crippen LogP contribution in [0.25, 0.3) is 0 Å². The second kappa shape index (κ2) is 5.52. The number of nitrogens with one attached hydrogen (secondary N) is 1. The van der Waals surface area contributed by atoms with Crippen molar-refractivity contribution in [1.82, 2.24) is 5.32 Å². The summed E-state index contributed by atoms with van der Waals surface area (Å²) in [6, 6.07) is -1.01. The molecule has 19 heavy (non-hydrogen) atoms. The first-order chi connectivity index (χ1) is 9.09. The maximum absolute atomic E-state index is 11.4. The van der Waals surface area contributed by atoms with Crippen LogP contribution in [-0.4, -0.2) is 23.0 Å². The molecule has 2 aliphatic rings. The Hall–Kier alpha value is -2.36. The van der Waals surface area contributed by atoms with Gasteiger partial charge in [0, 0.05) is 12.8 Å². The van der Waals surface area contributed by atoms with Gasteiger partial charge in [-0.25, -0.2) is 4.79 Å². The van der Waals surface area contributed by atoms with Crippen molar-refractivity contribution in [3.63, 3.8) is 0 Å². The number of allylic oxidation sites excluding steroid dienone is 9. The number of amides is 1. The lowest BCUT2D eigenvalue weighted by molar-refractivity contribution is -0.140. The van der Waals surface area contributed by atoms with E-state index < -0.39 is 12.0 Å². The molecule has 0 heterocycles. The predicted molar refractivity (Wildman–Crippen MR) is 72.3 cm³/mol. The van der Waals surface area contributed by atoms with Crippen molar-refractivity contribution in [1.29, 1.82) is 0 Å². The molecule has 0 aromatic rings. The van der Waals surface area contributed by atoms with Gasteiger partial charge in [-0.2, -0.15) is 0 Å². The minimum atomic E-state index is -1.06. The van der Waals surface area contributed by atoms with E-state index in [0.717, 1.165) is 5.57 Å². The third-order valence-corrected chi connectivity index (χ3v) is 3.04. The Bertz CT molecular complexity index is 550. The summed E-state index contributed by atoms with van der Waals surface area (Å²) in [5.74, 6) is -1.53. The van der Waals surface area contributed by atoms with Gasteiger partial charge in [0.15, 0.2) is 0 Å². The standard InChI is InChI=1S/C15H15NO3/c1-10(17)16-14(15(18)19)13-9-5-3-7-11-6-2-4-8-12(11)13/h2-9,12,14H,1H3,(H,16,17)(H,18,19)/t12?,14-/m1/s1. The van der Waals surface area contributed by atoms with E-state index in [1.165, 1.54) is 6.92 Å². The molecule has 0 bridgehead atoms. The fraction of sp³-hybridized carbons (Fsp3) is 0.200. The van der Waals surface area contributed by atoms with Gasteiger partial charge in [0.25, 0.3) is 0 Å². The maximum Gasteiger partial charge on any atom is 0.330 e. The predicted octanol–water partition coefficient (Wildman–Crippen LogP) is 1.74. The molecule has 4 heteroatoms. The van der Waals surface area contributed by atoms with Gasteiger partial charge < -0.3 is 10.4 Å². The Morgan fingerprint density at radius 3 is 2.63 bits per heavy atom. The normalized spacial score (nSPS) is 21.8. The monoisotopic (exact) mass is 257 g/mol. The van der Waals surface area contributed by atoms with Crippen molar-refractivity contribution in [2.75, 3.05) is 0 Å². The smallest absolute Gasteiger partial charge is 0.330 e. The van der Waals surface area contributed by atoms with Crippen molar-refractivity contribution in [3.8, 4) is 0 Å². The molecule has 1 unspecified atom stereocenters. The van der Waals surface area contributed by atoms with Crippen LogP contribution >= 0.6 is 0 Å². The van der Waals surface area contributed by atoms with Gasteiger partial charge in [-0.1, -0.05) is 48.6 Å². The summed E-state index contributed by atoms with van der Waals surface area (Å²) in [6.45, 7) is 1.32. The minimum absolute atomic E-state index is 0.118. The zero-order chi connectivity index (χ0) is 13.8. The lowest BCUT2D eigenvalue weighted by Crippen LogP contribution is -2.42. The first-order valence-corrected chi connectivity index (χ1v) is 6.02. The number of carbonyl (C=O) groups is 2. The third-order valence-electron chi connectivity index (χ3n) is 3.04. The van der Waals surface area contributed by atoms with Gasteiger partial charge >= 0.3 is 5.97 Å². The second-order valence-electron chi connectivity index (χ2n) is 4.41. The highest BCUT2D eigenvalue weighted by molar-refractivity contribution is 5.85. The lowest BCUT2D eigenvalue weighted by Gasteiger charge is -2.25. The molecule has 0 saturated heterocycles. The van der Waals surface area contributed by atoms with Gasteiger partial charge in [-0.05, 0) is 11.1 Å². The highest BCUT2D eigenvalue weighted by Crippen LogP contribution is 2.30. The molecule has 0 aromatic carbocycles. The summed E-state index contributed by atoms with van der Waals surface area (Å²) in [6.07, 6.45) is 15.0. The summed E-state index contributed by atoms with van der Waals surface area (Å²) < 4.78 is 0. The second-order valence-corrected chi connectivity index (χ2v) is 4.41. The average molecular weight is 257 g/mol. The van der Waals surface area contributed by atoms with Crippen LogP contribution < -0.4 is 5.32 Å². The Labute approximate surface area is 111 Å². The van der Waals surface area contributed by atoms with Gasteiger partial charge in [0.1, 0.15) is 6.04 Å². The summed E-state index contributed by atoms with van der Waals surface area (Å²) >= 11 is 0. The molecule has 0 saturated carbocycles. The van der Waals surface area contributed by atoms with Gasteiger partial charge in [-0.3, -0.25) is 4.79 Å². The molecule has 0 radical (unpaired) electrons. The average Bonchev–Trinajstić information content (AvgIpc) is 2.57. The highest BCUT2D eigenvalue weighted by Gasteiger charge is 2.29. The zero-order valence-electron chi connectivity index (χ0n) is 10.5. The summed E-state index contributed by atoms with van der Waals surface area (Å²) in [5.41, 5.74) is 1.67. The van der Waals surface area contributed by atoms with Gasteiger partial charge in [0.05, 0.1) is 0 Å². The number of carboxylic acid groups (broad SMARTS) is 1. The van der Waals surface area contributed by atoms with Crippen molar-refractivity contribution < 1.29 is 14.7 Å². The van der Waals surface area contributed by atoms with Crippen LogP contribution in [0.2, 0.25) is 0 Å². The molecule has 0 fully saturated rings. The van der Waals surface area contributed by atoms with Crippen LogP contribution in [0.3, 0.4) is 0 Å². The molecule has 2 N–H and O–H groups in total. The first-order valence-electron chi connectivity index (χ1n) is 6.02. The first kappa shape index (κ1) is 13.1. The summed E-state index contributed by atoms with van der Waals surface area (Å²) in [4.78, 5) is 22.6. The molecule has 2 rings (SSSR count). The van der Waals surface area contributed by atoms with E-state index in [1.54, 1.807) is 12.2 Å². The van der Waals surface area contributed by atoms with E-state index in [-0.39, 0.29) is 11.8 Å². The van der Waals surface area contributed by atoms with E-state index >= 15 is 0 Å². The Kier molecular flexibility index (Phi) is 3.80. The van der Waals surface area contributed by atoms with Crippen molar-refractivity contribution in [3.05, 3.63) is 59.8 Å². The number of aliphatic carboxylic acids is 1. The van der Waals surface area contributed by atoms with E-state index in [2.05, 4.69) is 5.32 Å². The number of rotatable bonds is 3. The van der Waals surface area contributed by atoms with E-state index in [0.29, 0.717) is 5.57 Å². The molecule has 2 atom stereocenters. The molecule has 4 nitrogen and oxygen atoms in total. The molecule has 0 spiro atoms. The number of hydrogen-bond donors (Lipinski definition) is 2. The van der Waals surface area contributed by atoms with Crippen LogP contribution in [0.4, 0.5) is 0 Å². The molecule has 1 amide bonds. The van der Waals surface area contributed by atoms with E-state index in [9.17, 15) is 14.7 Å². The molecular formula is C15H15NO3. The zero-order valence-corrected chi connectivity index (χ0v) is 10.5. The van der Waals surface area contributed by atoms with E-state index in [4.69, 9.17) is 0 Å². The summed E-state index contributed by atoms with van der Waals surface area (Å²) in [7, 11) is 0. The van der Waals surface area contributed by atoms with Gasteiger partial charge in [0.2, 0.25) is 5.91 Å². The number of hydrogen-bond acceptors (Lipinski definition) is 2. The number of carboxylic acids is 1. The number of carbonyl (C=O) groups excluding carboxylic acids is 1. The topological polar surface area (TPSA) is 66.4 Å². The van der Waals surface area contributed by atoms with Crippen molar-refractivity contribution in [2.24, 2.45) is 5.92 Å². The molecule has 0 aromatic heterocycles. The minimum Gasteiger partial charge on any atom is -0.479 e. The largest absolute Gasteiger partial charge is 0.479 e. The molecule has 0 aliphatic heterocycles. The fourth-order valence-electron chi connectivity index (χ4n) is 2.22.